The fraction of sp³-hybridized carbons (Fsp3) is 0.222. The Labute approximate surface area is 144 Å². The van der Waals surface area contributed by atoms with Crippen molar-refractivity contribution in [2.75, 3.05) is 20.8 Å². The fourth-order valence-corrected chi connectivity index (χ4v) is 1.99. The summed E-state index contributed by atoms with van der Waals surface area (Å²) in [7, 11) is 2.46. The van der Waals surface area contributed by atoms with Crippen molar-refractivity contribution in [2.45, 2.75) is 6.61 Å². The van der Waals surface area contributed by atoms with E-state index in [2.05, 4.69) is 4.74 Å². The minimum absolute atomic E-state index is 0.0519. The molecule has 0 saturated heterocycles. The molecule has 0 aliphatic carbocycles. The first-order valence-electron chi connectivity index (χ1n) is 7.33. The van der Waals surface area contributed by atoms with Crippen molar-refractivity contribution >= 4 is 11.9 Å². The molecule has 0 atom stereocenters. The molecule has 0 radical (unpaired) electrons. The highest BCUT2D eigenvalue weighted by molar-refractivity contribution is 5.95. The van der Waals surface area contributed by atoms with Gasteiger partial charge >= 0.3 is 11.9 Å². The van der Waals surface area contributed by atoms with E-state index >= 15 is 0 Å². The molecular weight excluding hydrogens is 331 g/mol. The molecule has 0 aliphatic rings. The van der Waals surface area contributed by atoms with Crippen LogP contribution in [0.3, 0.4) is 0 Å². The fourth-order valence-electron chi connectivity index (χ4n) is 1.99. The Kier molecular flexibility index (Phi) is 6.33. The average molecular weight is 348 g/mol. The average Bonchev–Trinajstić information content (AvgIpc) is 2.64. The second-order valence-electron chi connectivity index (χ2n) is 4.90. The number of halogens is 1. The molecular formula is C18H17FO6. The number of benzene rings is 2. The van der Waals surface area contributed by atoms with Gasteiger partial charge in [-0.3, -0.25) is 0 Å². The third-order valence-electron chi connectivity index (χ3n) is 3.26. The quantitative estimate of drug-likeness (QED) is 0.717. The van der Waals surface area contributed by atoms with Gasteiger partial charge in [0.05, 0.1) is 14.2 Å². The lowest BCUT2D eigenvalue weighted by atomic mass is 10.1. The molecule has 0 saturated carbocycles. The van der Waals surface area contributed by atoms with Gasteiger partial charge in [0.25, 0.3) is 0 Å². The summed E-state index contributed by atoms with van der Waals surface area (Å²) in [5.74, 6) is -1.26. The molecule has 132 valence electrons. The molecule has 7 heteroatoms. The van der Waals surface area contributed by atoms with Crippen molar-refractivity contribution in [1.29, 1.82) is 0 Å². The predicted molar refractivity (Wildman–Crippen MR) is 86.0 cm³/mol. The molecule has 0 bridgehead atoms. The summed E-state index contributed by atoms with van der Waals surface area (Å²) in [4.78, 5) is 23.3. The zero-order valence-corrected chi connectivity index (χ0v) is 13.8. The van der Waals surface area contributed by atoms with Crippen molar-refractivity contribution in [2.24, 2.45) is 0 Å². The Bertz CT molecular complexity index is 742. The molecule has 0 unspecified atom stereocenters. The number of carbonyl (C=O) groups is 2. The number of hydrogen-bond donors (Lipinski definition) is 0. The summed E-state index contributed by atoms with van der Waals surface area (Å²) in [6.07, 6.45) is 0. The Morgan fingerprint density at radius 2 is 1.56 bits per heavy atom. The Morgan fingerprint density at radius 1 is 0.920 bits per heavy atom. The van der Waals surface area contributed by atoms with Crippen LogP contribution in [0, 0.1) is 5.82 Å². The number of rotatable bonds is 7. The summed E-state index contributed by atoms with van der Waals surface area (Å²) in [5.41, 5.74) is 0.772. The summed E-state index contributed by atoms with van der Waals surface area (Å²) >= 11 is 0. The van der Waals surface area contributed by atoms with Crippen molar-refractivity contribution in [3.8, 4) is 11.5 Å². The summed E-state index contributed by atoms with van der Waals surface area (Å²) in [6.45, 7) is -0.243. The zero-order chi connectivity index (χ0) is 18.2. The molecule has 0 N–H and O–H groups in total. The predicted octanol–water partition coefficient (Wildman–Crippen LogP) is 2.74. The molecule has 0 heterocycles. The van der Waals surface area contributed by atoms with E-state index in [1.54, 1.807) is 24.3 Å². The van der Waals surface area contributed by atoms with Crippen LogP contribution in [0.15, 0.2) is 42.5 Å². The summed E-state index contributed by atoms with van der Waals surface area (Å²) in [5, 5.41) is 0. The third kappa shape index (κ3) is 4.94. The van der Waals surface area contributed by atoms with Crippen LogP contribution >= 0.6 is 0 Å². The zero-order valence-electron chi connectivity index (χ0n) is 13.8. The van der Waals surface area contributed by atoms with Gasteiger partial charge in [0.2, 0.25) is 0 Å². The van der Waals surface area contributed by atoms with Gasteiger partial charge in [0.15, 0.2) is 6.61 Å². The van der Waals surface area contributed by atoms with E-state index in [1.807, 2.05) is 0 Å². The molecule has 6 nitrogen and oxygen atoms in total. The minimum Gasteiger partial charge on any atom is -0.488 e. The largest absolute Gasteiger partial charge is 0.488 e. The van der Waals surface area contributed by atoms with E-state index in [0.29, 0.717) is 0 Å². The van der Waals surface area contributed by atoms with Crippen molar-refractivity contribution in [3.05, 3.63) is 59.4 Å². The van der Waals surface area contributed by atoms with Gasteiger partial charge < -0.3 is 18.9 Å². The monoisotopic (exact) mass is 348 g/mol. The van der Waals surface area contributed by atoms with Crippen molar-refractivity contribution in [3.63, 3.8) is 0 Å². The maximum absolute atomic E-state index is 12.9. The first kappa shape index (κ1) is 18.3. The molecule has 0 amide bonds. The third-order valence-corrected chi connectivity index (χ3v) is 3.26. The van der Waals surface area contributed by atoms with Gasteiger partial charge in [0, 0.05) is 0 Å². The van der Waals surface area contributed by atoms with Gasteiger partial charge in [-0.2, -0.15) is 0 Å². The van der Waals surface area contributed by atoms with E-state index in [4.69, 9.17) is 14.2 Å². The van der Waals surface area contributed by atoms with E-state index in [1.165, 1.54) is 32.4 Å². The number of esters is 2. The van der Waals surface area contributed by atoms with Gasteiger partial charge in [-0.15, -0.1) is 0 Å². The molecule has 2 aromatic rings. The first-order valence-corrected chi connectivity index (χ1v) is 7.33. The second kappa shape index (κ2) is 8.68. The van der Waals surface area contributed by atoms with Crippen LogP contribution in [-0.2, 0) is 20.9 Å². The standard InChI is InChI=1S/C18H17FO6/c1-22-16(20)11-25-15-5-3-4-14(17(15)18(21)23-2)24-10-12-6-8-13(19)9-7-12/h3-9H,10-11H2,1-2H3. The van der Waals surface area contributed by atoms with Crippen molar-refractivity contribution < 1.29 is 32.9 Å². The van der Waals surface area contributed by atoms with Gasteiger partial charge in [-0.25, -0.2) is 14.0 Å². The van der Waals surface area contributed by atoms with Crippen LogP contribution in [0.4, 0.5) is 4.39 Å². The Morgan fingerprint density at radius 3 is 2.16 bits per heavy atom. The van der Waals surface area contributed by atoms with Crippen LogP contribution in [0.25, 0.3) is 0 Å². The van der Waals surface area contributed by atoms with Crippen LogP contribution in [0.1, 0.15) is 15.9 Å². The highest BCUT2D eigenvalue weighted by atomic mass is 19.1. The lowest BCUT2D eigenvalue weighted by Gasteiger charge is -2.14. The topological polar surface area (TPSA) is 71.1 Å². The highest BCUT2D eigenvalue weighted by Crippen LogP contribution is 2.30. The van der Waals surface area contributed by atoms with Crippen LogP contribution in [0.2, 0.25) is 0 Å². The number of methoxy groups -OCH3 is 2. The molecule has 0 aromatic heterocycles. The van der Waals surface area contributed by atoms with Crippen LogP contribution in [-0.4, -0.2) is 32.8 Å². The maximum atomic E-state index is 12.9. The smallest absolute Gasteiger partial charge is 0.345 e. The molecule has 25 heavy (non-hydrogen) atoms. The second-order valence-corrected chi connectivity index (χ2v) is 4.90. The van der Waals surface area contributed by atoms with E-state index in [-0.39, 0.29) is 36.1 Å². The van der Waals surface area contributed by atoms with Crippen LogP contribution < -0.4 is 9.47 Å². The molecule has 0 aliphatic heterocycles. The van der Waals surface area contributed by atoms with Gasteiger partial charge in [0.1, 0.15) is 29.5 Å². The number of ether oxygens (including phenoxy) is 4. The van der Waals surface area contributed by atoms with E-state index < -0.39 is 11.9 Å². The molecule has 0 fully saturated rings. The Balaban J connectivity index is 2.21. The molecule has 2 rings (SSSR count). The minimum atomic E-state index is -0.672. The lowest BCUT2D eigenvalue weighted by molar-refractivity contribution is -0.142. The van der Waals surface area contributed by atoms with E-state index in [0.717, 1.165) is 5.56 Å². The van der Waals surface area contributed by atoms with Crippen LogP contribution in [0.5, 0.6) is 11.5 Å². The lowest BCUT2D eigenvalue weighted by Crippen LogP contribution is -2.15. The van der Waals surface area contributed by atoms with E-state index in [9.17, 15) is 14.0 Å². The molecule has 2 aromatic carbocycles. The SMILES string of the molecule is COC(=O)COc1cccc(OCc2ccc(F)cc2)c1C(=O)OC. The first-order chi connectivity index (χ1) is 12.0. The highest BCUT2D eigenvalue weighted by Gasteiger charge is 2.20. The maximum Gasteiger partial charge on any atom is 0.345 e. The van der Waals surface area contributed by atoms with Crippen molar-refractivity contribution in [1.82, 2.24) is 0 Å². The number of carbonyl (C=O) groups excluding carboxylic acids is 2. The van der Waals surface area contributed by atoms with Gasteiger partial charge in [-0.05, 0) is 29.8 Å². The number of hydrogen-bond acceptors (Lipinski definition) is 6. The normalized spacial score (nSPS) is 10.0. The summed E-state index contributed by atoms with van der Waals surface area (Å²) in [6, 6.07) is 10.5. The molecule has 0 spiro atoms. The summed E-state index contributed by atoms with van der Waals surface area (Å²) < 4.78 is 33.2. The Hall–Kier alpha value is -3.09. The van der Waals surface area contributed by atoms with Gasteiger partial charge in [-0.1, -0.05) is 18.2 Å².